The Balaban J connectivity index is 2.20. The zero-order chi connectivity index (χ0) is 15.4. The molecular formula is C16H16BrFN2O. The van der Waals surface area contributed by atoms with Gasteiger partial charge < -0.3 is 11.1 Å². The van der Waals surface area contributed by atoms with E-state index in [2.05, 4.69) is 21.2 Å². The number of amides is 1. The van der Waals surface area contributed by atoms with Gasteiger partial charge in [-0.25, -0.2) is 4.39 Å². The van der Waals surface area contributed by atoms with Crippen molar-refractivity contribution in [3.63, 3.8) is 0 Å². The second kappa shape index (κ2) is 6.72. The van der Waals surface area contributed by atoms with E-state index in [1.54, 1.807) is 0 Å². The quantitative estimate of drug-likeness (QED) is 0.817. The number of hydrogen-bond acceptors (Lipinski definition) is 2. The van der Waals surface area contributed by atoms with E-state index in [1.807, 2.05) is 31.2 Å². The minimum absolute atomic E-state index is 0.124. The van der Waals surface area contributed by atoms with Crippen LogP contribution in [0, 0.1) is 5.82 Å². The zero-order valence-electron chi connectivity index (χ0n) is 11.6. The van der Waals surface area contributed by atoms with Crippen molar-refractivity contribution in [2.75, 3.05) is 5.73 Å². The number of benzene rings is 2. The number of carbonyl (C=O) groups is 1. The van der Waals surface area contributed by atoms with Gasteiger partial charge in [0.05, 0.1) is 17.3 Å². The molecule has 0 aliphatic rings. The third-order valence-electron chi connectivity index (χ3n) is 3.28. The number of nitrogens with two attached hydrogens (primary N) is 1. The van der Waals surface area contributed by atoms with Gasteiger partial charge in [-0.15, -0.1) is 0 Å². The van der Waals surface area contributed by atoms with Crippen LogP contribution in [-0.2, 0) is 0 Å². The second-order valence-electron chi connectivity index (χ2n) is 4.69. The van der Waals surface area contributed by atoms with Gasteiger partial charge in [0.15, 0.2) is 0 Å². The molecule has 3 nitrogen and oxygen atoms in total. The Labute approximate surface area is 131 Å². The molecule has 1 atom stereocenters. The number of nitrogen functional groups attached to an aromatic ring is 1. The fourth-order valence-corrected chi connectivity index (χ4v) is 2.35. The Morgan fingerprint density at radius 1 is 1.29 bits per heavy atom. The summed E-state index contributed by atoms with van der Waals surface area (Å²) in [5.41, 5.74) is 6.64. The van der Waals surface area contributed by atoms with Crippen molar-refractivity contribution < 1.29 is 9.18 Å². The Morgan fingerprint density at radius 2 is 1.95 bits per heavy atom. The van der Waals surface area contributed by atoms with E-state index >= 15 is 0 Å². The number of anilines is 1. The Morgan fingerprint density at radius 3 is 2.57 bits per heavy atom. The maximum Gasteiger partial charge on any atom is 0.253 e. The molecule has 2 rings (SSSR count). The molecule has 3 N–H and O–H groups in total. The molecule has 0 heterocycles. The maximum absolute atomic E-state index is 13.4. The van der Waals surface area contributed by atoms with Gasteiger partial charge in [0.2, 0.25) is 0 Å². The van der Waals surface area contributed by atoms with Crippen LogP contribution in [0.2, 0.25) is 0 Å². The Kier molecular flexibility index (Phi) is 4.96. The van der Waals surface area contributed by atoms with E-state index in [0.717, 1.165) is 16.5 Å². The lowest BCUT2D eigenvalue weighted by atomic mass is 10.0. The van der Waals surface area contributed by atoms with Gasteiger partial charge in [-0.2, -0.15) is 0 Å². The molecule has 5 heteroatoms. The van der Waals surface area contributed by atoms with Gasteiger partial charge in [-0.05, 0) is 36.2 Å². The van der Waals surface area contributed by atoms with Gasteiger partial charge in [-0.1, -0.05) is 41.1 Å². The molecule has 0 spiro atoms. The maximum atomic E-state index is 13.4. The van der Waals surface area contributed by atoms with E-state index < -0.39 is 5.82 Å². The zero-order valence-corrected chi connectivity index (χ0v) is 13.2. The van der Waals surface area contributed by atoms with Gasteiger partial charge in [0, 0.05) is 4.47 Å². The fourth-order valence-electron chi connectivity index (χ4n) is 2.09. The molecule has 0 aliphatic heterocycles. The molecule has 2 aromatic carbocycles. The minimum Gasteiger partial charge on any atom is -0.396 e. The lowest BCUT2D eigenvalue weighted by molar-refractivity contribution is 0.0936. The van der Waals surface area contributed by atoms with E-state index in [4.69, 9.17) is 5.73 Å². The van der Waals surface area contributed by atoms with Crippen molar-refractivity contribution in [3.05, 3.63) is 63.9 Å². The van der Waals surface area contributed by atoms with Gasteiger partial charge in [0.25, 0.3) is 5.91 Å². The van der Waals surface area contributed by atoms with E-state index in [9.17, 15) is 9.18 Å². The molecular weight excluding hydrogens is 335 g/mol. The highest BCUT2D eigenvalue weighted by atomic mass is 79.9. The van der Waals surface area contributed by atoms with Crippen LogP contribution in [0.3, 0.4) is 0 Å². The molecule has 0 saturated heterocycles. The van der Waals surface area contributed by atoms with Gasteiger partial charge in [-0.3, -0.25) is 4.79 Å². The van der Waals surface area contributed by atoms with Crippen LogP contribution >= 0.6 is 15.9 Å². The summed E-state index contributed by atoms with van der Waals surface area (Å²) in [5.74, 6) is -0.957. The first-order valence-corrected chi connectivity index (χ1v) is 7.42. The molecule has 1 amide bonds. The summed E-state index contributed by atoms with van der Waals surface area (Å²) in [6.45, 7) is 1.97. The molecule has 1 unspecified atom stereocenters. The van der Waals surface area contributed by atoms with E-state index in [0.29, 0.717) is 0 Å². The van der Waals surface area contributed by atoms with E-state index in [-0.39, 0.29) is 23.2 Å². The monoisotopic (exact) mass is 350 g/mol. The van der Waals surface area contributed by atoms with Gasteiger partial charge in [0.1, 0.15) is 5.82 Å². The first-order chi connectivity index (χ1) is 10.0. The van der Waals surface area contributed by atoms with Crippen molar-refractivity contribution >= 4 is 27.5 Å². The number of carbonyl (C=O) groups excluding carboxylic acids is 1. The fraction of sp³-hybridized carbons (Fsp3) is 0.188. The molecule has 110 valence electrons. The van der Waals surface area contributed by atoms with Crippen molar-refractivity contribution in [3.8, 4) is 0 Å². The minimum atomic E-state index is -0.584. The summed E-state index contributed by atoms with van der Waals surface area (Å²) in [7, 11) is 0. The van der Waals surface area contributed by atoms with Gasteiger partial charge >= 0.3 is 0 Å². The molecule has 0 aromatic heterocycles. The predicted molar refractivity (Wildman–Crippen MR) is 85.5 cm³/mol. The first-order valence-electron chi connectivity index (χ1n) is 6.63. The molecule has 2 aromatic rings. The summed E-state index contributed by atoms with van der Waals surface area (Å²) in [6.07, 6.45) is 0.725. The second-order valence-corrected chi connectivity index (χ2v) is 5.60. The van der Waals surface area contributed by atoms with Crippen LogP contribution < -0.4 is 11.1 Å². The molecule has 0 fully saturated rings. The molecule has 0 aliphatic carbocycles. The number of rotatable bonds is 4. The van der Waals surface area contributed by atoms with Crippen molar-refractivity contribution in [1.29, 1.82) is 0 Å². The highest BCUT2D eigenvalue weighted by Gasteiger charge is 2.17. The molecule has 0 saturated carbocycles. The normalized spacial score (nSPS) is 12.0. The summed E-state index contributed by atoms with van der Waals surface area (Å²) in [6, 6.07) is 11.8. The summed E-state index contributed by atoms with van der Waals surface area (Å²) < 4.78 is 14.4. The standard InChI is InChI=1S/C16H16BrFN2O/c1-2-14(10-6-8-11(17)9-7-10)20-16(21)12-4-3-5-13(18)15(12)19/h3-9,14H,2,19H2,1H3,(H,20,21). The lowest BCUT2D eigenvalue weighted by Crippen LogP contribution is -2.29. The molecule has 21 heavy (non-hydrogen) atoms. The Bertz CT molecular complexity index is 643. The first kappa shape index (κ1) is 15.5. The summed E-state index contributed by atoms with van der Waals surface area (Å²) >= 11 is 3.38. The number of hydrogen-bond donors (Lipinski definition) is 2. The average molecular weight is 351 g/mol. The van der Waals surface area contributed by atoms with Crippen LogP contribution in [0.15, 0.2) is 46.9 Å². The van der Waals surface area contributed by atoms with Crippen LogP contribution in [0.5, 0.6) is 0 Å². The van der Waals surface area contributed by atoms with E-state index in [1.165, 1.54) is 18.2 Å². The highest BCUT2D eigenvalue weighted by molar-refractivity contribution is 9.10. The molecule has 0 radical (unpaired) electrons. The highest BCUT2D eigenvalue weighted by Crippen LogP contribution is 2.21. The van der Waals surface area contributed by atoms with Crippen LogP contribution in [0.4, 0.5) is 10.1 Å². The number of nitrogens with one attached hydrogen (secondary N) is 1. The third-order valence-corrected chi connectivity index (χ3v) is 3.81. The van der Waals surface area contributed by atoms with Crippen molar-refractivity contribution in [2.24, 2.45) is 0 Å². The number of halogens is 2. The van der Waals surface area contributed by atoms with Crippen molar-refractivity contribution in [1.82, 2.24) is 5.32 Å². The van der Waals surface area contributed by atoms with Crippen LogP contribution in [-0.4, -0.2) is 5.91 Å². The van der Waals surface area contributed by atoms with Crippen molar-refractivity contribution in [2.45, 2.75) is 19.4 Å². The summed E-state index contributed by atoms with van der Waals surface area (Å²) in [4.78, 5) is 12.3. The average Bonchev–Trinajstić information content (AvgIpc) is 2.48. The lowest BCUT2D eigenvalue weighted by Gasteiger charge is -2.18. The van der Waals surface area contributed by atoms with Crippen LogP contribution in [0.1, 0.15) is 35.3 Å². The number of para-hydroxylation sites is 1. The Hall–Kier alpha value is -1.88. The largest absolute Gasteiger partial charge is 0.396 e. The molecule has 0 bridgehead atoms. The SMILES string of the molecule is CCC(NC(=O)c1cccc(F)c1N)c1ccc(Br)cc1. The topological polar surface area (TPSA) is 55.1 Å². The van der Waals surface area contributed by atoms with Crippen LogP contribution in [0.25, 0.3) is 0 Å². The summed E-state index contributed by atoms with van der Waals surface area (Å²) in [5, 5.41) is 2.89. The third kappa shape index (κ3) is 3.61. The smallest absolute Gasteiger partial charge is 0.253 e. The predicted octanol–water partition coefficient (Wildman–Crippen LogP) is 4.05.